The zero-order valence-electron chi connectivity index (χ0n) is 19.2. The molecular weight excluding hydrogens is 472 g/mol. The quantitative estimate of drug-likeness (QED) is 0.326. The number of aromatic amines is 1. The highest BCUT2D eigenvalue weighted by molar-refractivity contribution is 7.89. The number of hydrazine groups is 1. The molecule has 0 fully saturated rings. The monoisotopic (exact) mass is 498 g/mol. The van der Waals surface area contributed by atoms with Crippen molar-refractivity contribution in [2.45, 2.75) is 18.7 Å². The number of rotatable bonds is 9. The van der Waals surface area contributed by atoms with Crippen molar-refractivity contribution in [3.8, 4) is 11.3 Å². The number of carbonyl (C=O) groups is 3. The Bertz CT molecular complexity index is 1290. The van der Waals surface area contributed by atoms with Crippen molar-refractivity contribution >= 4 is 27.7 Å². The van der Waals surface area contributed by atoms with Crippen LogP contribution < -0.4 is 16.2 Å². The number of sulfonamides is 1. The number of H-pyrrole nitrogens is 1. The van der Waals surface area contributed by atoms with E-state index in [2.05, 4.69) is 26.4 Å². The average molecular weight is 499 g/mol. The molecule has 4 N–H and O–H groups in total. The molecule has 0 atom stereocenters. The van der Waals surface area contributed by atoms with Crippen LogP contribution in [0.1, 0.15) is 34.7 Å². The van der Waals surface area contributed by atoms with Crippen LogP contribution in [0.5, 0.6) is 0 Å². The highest BCUT2D eigenvalue weighted by Gasteiger charge is 2.21. The molecule has 3 aromatic rings. The van der Waals surface area contributed by atoms with Gasteiger partial charge in [-0.05, 0) is 30.3 Å². The zero-order valence-corrected chi connectivity index (χ0v) is 20.1. The SMILES string of the molecule is CCN(CC)S(=O)(=O)c1ccc(C(=O)NCC(=O)NNC(=O)c2cc(-c3ccccc3)n[nH]2)cc1. The molecule has 0 radical (unpaired) electrons. The fourth-order valence-electron chi connectivity index (χ4n) is 3.19. The van der Waals surface area contributed by atoms with Gasteiger partial charge in [0.2, 0.25) is 10.0 Å². The zero-order chi connectivity index (χ0) is 25.4. The van der Waals surface area contributed by atoms with Crippen molar-refractivity contribution in [1.82, 2.24) is 30.7 Å². The van der Waals surface area contributed by atoms with E-state index < -0.39 is 34.3 Å². The van der Waals surface area contributed by atoms with Crippen LogP contribution in [-0.2, 0) is 14.8 Å². The number of benzene rings is 2. The average Bonchev–Trinajstić information content (AvgIpc) is 3.37. The van der Waals surface area contributed by atoms with Gasteiger partial charge in [-0.1, -0.05) is 44.2 Å². The fourth-order valence-corrected chi connectivity index (χ4v) is 4.64. The van der Waals surface area contributed by atoms with E-state index in [0.29, 0.717) is 18.8 Å². The number of carbonyl (C=O) groups excluding carboxylic acids is 3. The fraction of sp³-hybridized carbons (Fsp3) is 0.217. The second kappa shape index (κ2) is 11.4. The molecule has 0 aliphatic rings. The molecule has 184 valence electrons. The van der Waals surface area contributed by atoms with E-state index >= 15 is 0 Å². The van der Waals surface area contributed by atoms with Crippen molar-refractivity contribution in [3.63, 3.8) is 0 Å². The molecule has 0 spiro atoms. The smallest absolute Gasteiger partial charge is 0.287 e. The van der Waals surface area contributed by atoms with Crippen LogP contribution in [0.15, 0.2) is 65.6 Å². The third-order valence-electron chi connectivity index (χ3n) is 5.08. The van der Waals surface area contributed by atoms with E-state index in [1.165, 1.54) is 28.6 Å². The van der Waals surface area contributed by atoms with Gasteiger partial charge in [0, 0.05) is 24.2 Å². The Morgan fingerprint density at radius 1 is 0.914 bits per heavy atom. The van der Waals surface area contributed by atoms with Crippen molar-refractivity contribution in [1.29, 1.82) is 0 Å². The van der Waals surface area contributed by atoms with Gasteiger partial charge in [0.25, 0.3) is 17.7 Å². The Labute approximate surface area is 202 Å². The van der Waals surface area contributed by atoms with Gasteiger partial charge in [-0.25, -0.2) is 8.42 Å². The minimum absolute atomic E-state index is 0.0763. The predicted molar refractivity (Wildman–Crippen MR) is 129 cm³/mol. The highest BCUT2D eigenvalue weighted by Crippen LogP contribution is 2.17. The summed E-state index contributed by atoms with van der Waals surface area (Å²) in [4.78, 5) is 36.6. The lowest BCUT2D eigenvalue weighted by molar-refractivity contribution is -0.120. The molecule has 0 unspecified atom stereocenters. The summed E-state index contributed by atoms with van der Waals surface area (Å²) < 4.78 is 26.4. The molecule has 2 aromatic carbocycles. The van der Waals surface area contributed by atoms with E-state index in [4.69, 9.17) is 0 Å². The largest absolute Gasteiger partial charge is 0.343 e. The van der Waals surface area contributed by atoms with Crippen LogP contribution >= 0.6 is 0 Å². The molecule has 11 nitrogen and oxygen atoms in total. The van der Waals surface area contributed by atoms with Crippen molar-refractivity contribution in [2.75, 3.05) is 19.6 Å². The molecule has 3 rings (SSSR count). The van der Waals surface area contributed by atoms with Gasteiger partial charge in [0.1, 0.15) is 5.69 Å². The van der Waals surface area contributed by atoms with Crippen LogP contribution in [0, 0.1) is 0 Å². The number of nitrogens with zero attached hydrogens (tertiary/aromatic N) is 2. The molecule has 1 aromatic heterocycles. The van der Waals surface area contributed by atoms with Gasteiger partial charge in [0.05, 0.1) is 17.1 Å². The lowest BCUT2D eigenvalue weighted by Gasteiger charge is -2.18. The van der Waals surface area contributed by atoms with E-state index in [9.17, 15) is 22.8 Å². The van der Waals surface area contributed by atoms with Crippen molar-refractivity contribution in [3.05, 3.63) is 71.9 Å². The first-order valence-corrected chi connectivity index (χ1v) is 12.3. The summed E-state index contributed by atoms with van der Waals surface area (Å²) in [6.07, 6.45) is 0. The van der Waals surface area contributed by atoms with Gasteiger partial charge in [0.15, 0.2) is 0 Å². The minimum Gasteiger partial charge on any atom is -0.343 e. The molecule has 35 heavy (non-hydrogen) atoms. The number of hydrogen-bond donors (Lipinski definition) is 4. The number of hydrogen-bond acceptors (Lipinski definition) is 6. The number of aromatic nitrogens is 2. The van der Waals surface area contributed by atoms with Crippen LogP contribution in [0.4, 0.5) is 0 Å². The number of amides is 3. The van der Waals surface area contributed by atoms with Crippen LogP contribution in [0.25, 0.3) is 11.3 Å². The lowest BCUT2D eigenvalue weighted by atomic mass is 10.1. The summed E-state index contributed by atoms with van der Waals surface area (Å²) in [5.74, 6) is -1.83. The maximum absolute atomic E-state index is 12.5. The summed E-state index contributed by atoms with van der Waals surface area (Å²) in [7, 11) is -3.63. The van der Waals surface area contributed by atoms with Gasteiger partial charge < -0.3 is 5.32 Å². The van der Waals surface area contributed by atoms with Gasteiger partial charge in [-0.15, -0.1) is 0 Å². The highest BCUT2D eigenvalue weighted by atomic mass is 32.2. The molecule has 3 amide bonds. The number of nitrogens with one attached hydrogen (secondary N) is 4. The Hall–Kier alpha value is -4.03. The van der Waals surface area contributed by atoms with E-state index in [1.807, 2.05) is 30.3 Å². The normalized spacial score (nSPS) is 11.2. The van der Waals surface area contributed by atoms with Crippen LogP contribution in [0.2, 0.25) is 0 Å². The first kappa shape index (κ1) is 25.6. The van der Waals surface area contributed by atoms with E-state index in [0.717, 1.165) is 5.56 Å². The molecule has 0 aliphatic carbocycles. The van der Waals surface area contributed by atoms with Crippen LogP contribution in [-0.4, -0.2) is 60.3 Å². The first-order chi connectivity index (χ1) is 16.8. The molecule has 1 heterocycles. The predicted octanol–water partition coefficient (Wildman–Crippen LogP) is 1.30. The third-order valence-corrected chi connectivity index (χ3v) is 7.14. The molecule has 0 saturated heterocycles. The molecular formula is C23H26N6O5S. The maximum atomic E-state index is 12.5. The molecule has 12 heteroatoms. The summed E-state index contributed by atoms with van der Waals surface area (Å²) in [6, 6.07) is 16.2. The second-order valence-corrected chi connectivity index (χ2v) is 9.27. The Morgan fingerprint density at radius 2 is 1.57 bits per heavy atom. The van der Waals surface area contributed by atoms with Crippen LogP contribution in [0.3, 0.4) is 0 Å². The molecule has 0 aliphatic heterocycles. The molecule has 0 saturated carbocycles. The van der Waals surface area contributed by atoms with Gasteiger partial charge in [-0.3, -0.25) is 30.3 Å². The standard InChI is InChI=1S/C23H26N6O5S/c1-3-29(4-2)35(33,34)18-12-10-17(11-13-18)22(31)24-15-21(30)27-28-23(32)20-14-19(25-26-20)16-8-6-5-7-9-16/h5-14H,3-4,15H2,1-2H3,(H,24,31)(H,25,26)(H,27,30)(H,28,32). The third kappa shape index (κ3) is 6.31. The Balaban J connectivity index is 1.49. The Morgan fingerprint density at radius 3 is 2.20 bits per heavy atom. The summed E-state index contributed by atoms with van der Waals surface area (Å²) in [5, 5.41) is 9.08. The van der Waals surface area contributed by atoms with Crippen molar-refractivity contribution < 1.29 is 22.8 Å². The van der Waals surface area contributed by atoms with E-state index in [1.54, 1.807) is 19.9 Å². The van der Waals surface area contributed by atoms with Gasteiger partial charge in [-0.2, -0.15) is 9.40 Å². The lowest BCUT2D eigenvalue weighted by Crippen LogP contribution is -2.46. The topological polar surface area (TPSA) is 153 Å². The summed E-state index contributed by atoms with van der Waals surface area (Å²) in [6.45, 7) is 3.75. The van der Waals surface area contributed by atoms with Gasteiger partial charge >= 0.3 is 0 Å². The Kier molecular flexibility index (Phi) is 8.34. The summed E-state index contributed by atoms with van der Waals surface area (Å²) >= 11 is 0. The van der Waals surface area contributed by atoms with E-state index in [-0.39, 0.29) is 16.2 Å². The maximum Gasteiger partial charge on any atom is 0.287 e. The minimum atomic E-state index is -3.63. The summed E-state index contributed by atoms with van der Waals surface area (Å²) in [5.41, 5.74) is 6.18. The molecule has 0 bridgehead atoms. The second-order valence-electron chi connectivity index (χ2n) is 7.33. The van der Waals surface area contributed by atoms with Crippen molar-refractivity contribution in [2.24, 2.45) is 0 Å². The first-order valence-electron chi connectivity index (χ1n) is 10.8.